The van der Waals surface area contributed by atoms with E-state index in [1.807, 2.05) is 79.7 Å². The molecule has 7 nitrogen and oxygen atoms in total. The van der Waals surface area contributed by atoms with E-state index in [2.05, 4.69) is 26.1 Å². The second-order valence-corrected chi connectivity index (χ2v) is 10.5. The third kappa shape index (κ3) is 6.29. The monoisotopic (exact) mass is 512 g/mol. The number of aryl methyl sites for hydroxylation is 1. The number of fused-ring (bicyclic) bond motifs is 1. The predicted octanol–water partition coefficient (Wildman–Crippen LogP) is 5.75. The van der Waals surface area contributed by atoms with Crippen LogP contribution < -0.4 is 5.32 Å². The van der Waals surface area contributed by atoms with Gasteiger partial charge in [0.25, 0.3) is 5.91 Å². The molecule has 0 radical (unpaired) electrons. The van der Waals surface area contributed by atoms with Gasteiger partial charge in [0.15, 0.2) is 0 Å². The number of carbonyl (C=O) groups is 2. The number of para-hydroxylation sites is 1. The van der Waals surface area contributed by atoms with Gasteiger partial charge in [-0.1, -0.05) is 69.3 Å². The molecule has 1 N–H and O–H groups in total. The van der Waals surface area contributed by atoms with Crippen molar-refractivity contribution < 1.29 is 14.3 Å². The fourth-order valence-corrected chi connectivity index (χ4v) is 4.33. The van der Waals surface area contributed by atoms with Gasteiger partial charge in [-0.05, 0) is 47.9 Å². The third-order valence-corrected chi connectivity index (χ3v) is 6.48. The Morgan fingerprint density at radius 3 is 2.39 bits per heavy atom. The first-order valence-corrected chi connectivity index (χ1v) is 12.9. The first-order chi connectivity index (χ1) is 18.2. The van der Waals surface area contributed by atoms with Crippen LogP contribution in [0.1, 0.15) is 48.8 Å². The standard InChI is InChI=1S/C31H36N4O3/c1-22-11-6-9-14-26(22)35-28(20-27(33-35)31(2,3)4)32-29(36)21-34(17-10-18-38-5)30(37)25-16-15-23-12-7-8-13-24(23)19-25/h6-9,11-16,19-20H,10,17-18,21H2,1-5H3,(H,32,36). The molecule has 4 aromatic rings. The number of aromatic nitrogens is 2. The average Bonchev–Trinajstić information content (AvgIpc) is 3.31. The van der Waals surface area contributed by atoms with E-state index >= 15 is 0 Å². The van der Waals surface area contributed by atoms with Crippen LogP contribution >= 0.6 is 0 Å². The molecule has 2 amide bonds. The summed E-state index contributed by atoms with van der Waals surface area (Å²) in [5.74, 6) is 0.0979. The van der Waals surface area contributed by atoms with Crippen molar-refractivity contribution >= 4 is 28.4 Å². The second-order valence-electron chi connectivity index (χ2n) is 10.5. The molecular weight excluding hydrogens is 476 g/mol. The number of hydrogen-bond acceptors (Lipinski definition) is 4. The summed E-state index contributed by atoms with van der Waals surface area (Å²) in [5.41, 5.74) is 3.14. The maximum Gasteiger partial charge on any atom is 0.254 e. The van der Waals surface area contributed by atoms with E-state index in [4.69, 9.17) is 9.84 Å². The fourth-order valence-electron chi connectivity index (χ4n) is 4.33. The maximum atomic E-state index is 13.5. The van der Waals surface area contributed by atoms with Crippen LogP contribution in [0.4, 0.5) is 5.82 Å². The minimum absolute atomic E-state index is 0.0841. The Balaban J connectivity index is 1.59. The van der Waals surface area contributed by atoms with Crippen molar-refractivity contribution in [2.45, 2.75) is 39.5 Å². The number of carbonyl (C=O) groups excluding carboxylic acids is 2. The average molecular weight is 513 g/mol. The highest BCUT2D eigenvalue weighted by molar-refractivity contribution is 6.01. The molecule has 0 saturated carbocycles. The van der Waals surface area contributed by atoms with E-state index in [0.29, 0.717) is 31.0 Å². The van der Waals surface area contributed by atoms with Crippen LogP contribution in [0.2, 0.25) is 0 Å². The molecule has 3 aromatic carbocycles. The Kier molecular flexibility index (Phi) is 8.27. The molecule has 1 heterocycles. The first-order valence-electron chi connectivity index (χ1n) is 12.9. The van der Waals surface area contributed by atoms with Crippen molar-refractivity contribution in [2.24, 2.45) is 0 Å². The van der Waals surface area contributed by atoms with Gasteiger partial charge in [0.05, 0.1) is 11.4 Å². The smallest absolute Gasteiger partial charge is 0.254 e. The van der Waals surface area contributed by atoms with Crippen molar-refractivity contribution in [2.75, 3.05) is 32.1 Å². The molecule has 0 fully saturated rings. The molecule has 198 valence electrons. The molecule has 4 rings (SSSR count). The number of hydrogen-bond donors (Lipinski definition) is 1. The van der Waals surface area contributed by atoms with E-state index in [1.54, 1.807) is 16.7 Å². The summed E-state index contributed by atoms with van der Waals surface area (Å²) in [6, 6.07) is 23.4. The molecule has 0 saturated heterocycles. The van der Waals surface area contributed by atoms with Crippen molar-refractivity contribution in [3.8, 4) is 5.69 Å². The number of anilines is 1. The molecule has 0 spiro atoms. The normalized spacial score (nSPS) is 11.5. The molecule has 0 unspecified atom stereocenters. The van der Waals surface area contributed by atoms with Crippen LogP contribution in [0.3, 0.4) is 0 Å². The third-order valence-electron chi connectivity index (χ3n) is 6.48. The zero-order chi connectivity index (χ0) is 27.3. The van der Waals surface area contributed by atoms with Gasteiger partial charge < -0.3 is 15.0 Å². The van der Waals surface area contributed by atoms with Gasteiger partial charge in [0, 0.05) is 37.3 Å². The number of methoxy groups -OCH3 is 1. The van der Waals surface area contributed by atoms with E-state index in [-0.39, 0.29) is 23.8 Å². The quantitative estimate of drug-likeness (QED) is 0.290. The lowest BCUT2D eigenvalue weighted by molar-refractivity contribution is -0.117. The molecule has 7 heteroatoms. The topological polar surface area (TPSA) is 76.5 Å². The maximum absolute atomic E-state index is 13.5. The van der Waals surface area contributed by atoms with Crippen molar-refractivity contribution in [3.05, 3.63) is 89.6 Å². The van der Waals surface area contributed by atoms with E-state index in [0.717, 1.165) is 27.7 Å². The van der Waals surface area contributed by atoms with Gasteiger partial charge in [-0.15, -0.1) is 0 Å². The lowest BCUT2D eigenvalue weighted by Gasteiger charge is -2.22. The summed E-state index contributed by atoms with van der Waals surface area (Å²) in [6.45, 7) is 9.09. The second kappa shape index (κ2) is 11.6. The van der Waals surface area contributed by atoms with Gasteiger partial charge >= 0.3 is 0 Å². The summed E-state index contributed by atoms with van der Waals surface area (Å²) in [4.78, 5) is 28.5. The summed E-state index contributed by atoms with van der Waals surface area (Å²) in [7, 11) is 1.63. The summed E-state index contributed by atoms with van der Waals surface area (Å²) in [5, 5.41) is 9.89. The lowest BCUT2D eigenvalue weighted by atomic mass is 9.92. The number of benzene rings is 3. The van der Waals surface area contributed by atoms with Gasteiger partial charge in [0.1, 0.15) is 12.4 Å². The van der Waals surface area contributed by atoms with Crippen LogP contribution in [-0.4, -0.2) is 53.3 Å². The van der Waals surface area contributed by atoms with Gasteiger partial charge in [-0.25, -0.2) is 4.68 Å². The number of nitrogens with one attached hydrogen (secondary N) is 1. The molecule has 0 aliphatic heterocycles. The molecule has 0 aliphatic rings. The zero-order valence-corrected chi connectivity index (χ0v) is 22.8. The molecule has 0 bridgehead atoms. The molecule has 0 atom stereocenters. The minimum Gasteiger partial charge on any atom is -0.385 e. The molecular formula is C31H36N4O3. The summed E-state index contributed by atoms with van der Waals surface area (Å²) in [6.07, 6.45) is 0.623. The predicted molar refractivity (Wildman–Crippen MR) is 152 cm³/mol. The molecule has 38 heavy (non-hydrogen) atoms. The Labute approximate surface area is 224 Å². The highest BCUT2D eigenvalue weighted by atomic mass is 16.5. The number of amides is 2. The van der Waals surface area contributed by atoms with Gasteiger partial charge in [0.2, 0.25) is 5.91 Å². The van der Waals surface area contributed by atoms with Crippen molar-refractivity contribution in [3.63, 3.8) is 0 Å². The first kappa shape index (κ1) is 27.1. The Morgan fingerprint density at radius 2 is 1.68 bits per heavy atom. The van der Waals surface area contributed by atoms with Gasteiger partial charge in [-0.3, -0.25) is 9.59 Å². The minimum atomic E-state index is -0.285. The Bertz CT molecular complexity index is 1430. The Hall–Kier alpha value is -3.97. The lowest BCUT2D eigenvalue weighted by Crippen LogP contribution is -2.39. The van der Waals surface area contributed by atoms with E-state index in [1.165, 1.54) is 0 Å². The SMILES string of the molecule is COCCCN(CC(=O)Nc1cc(C(C)(C)C)nn1-c1ccccc1C)C(=O)c1ccc2ccccc2c1. The van der Waals surface area contributed by atoms with Crippen LogP contribution in [-0.2, 0) is 14.9 Å². The zero-order valence-electron chi connectivity index (χ0n) is 22.8. The highest BCUT2D eigenvalue weighted by Gasteiger charge is 2.24. The number of nitrogens with zero attached hydrogens (tertiary/aromatic N) is 3. The van der Waals surface area contributed by atoms with E-state index in [9.17, 15) is 9.59 Å². The number of ether oxygens (including phenoxy) is 1. The largest absolute Gasteiger partial charge is 0.385 e. The van der Waals surface area contributed by atoms with Crippen molar-refractivity contribution in [1.82, 2.24) is 14.7 Å². The van der Waals surface area contributed by atoms with E-state index < -0.39 is 0 Å². The summed E-state index contributed by atoms with van der Waals surface area (Å²) < 4.78 is 6.97. The number of rotatable bonds is 9. The van der Waals surface area contributed by atoms with Crippen molar-refractivity contribution in [1.29, 1.82) is 0 Å². The van der Waals surface area contributed by atoms with Crippen LogP contribution in [0.25, 0.3) is 16.5 Å². The highest BCUT2D eigenvalue weighted by Crippen LogP contribution is 2.27. The summed E-state index contributed by atoms with van der Waals surface area (Å²) >= 11 is 0. The molecule has 1 aromatic heterocycles. The fraction of sp³-hybridized carbons (Fsp3) is 0.323. The van der Waals surface area contributed by atoms with Crippen LogP contribution in [0, 0.1) is 6.92 Å². The van der Waals surface area contributed by atoms with Gasteiger partial charge in [-0.2, -0.15) is 5.10 Å². The molecule has 0 aliphatic carbocycles. The van der Waals surface area contributed by atoms with Crippen LogP contribution in [0.5, 0.6) is 0 Å². The Morgan fingerprint density at radius 1 is 0.974 bits per heavy atom. The van der Waals surface area contributed by atoms with Crippen LogP contribution in [0.15, 0.2) is 72.8 Å².